The van der Waals surface area contributed by atoms with Gasteiger partial charge in [0.15, 0.2) is 0 Å². The standard InChI is InChI=1S/C24H21N3O3/c1-16-10-11-19(14-17(16)2)25-22(28)15-26-12-13-27(24(30)23(26)29)21-9-5-7-18-6-3-4-8-20(18)21/h3-14H,15H2,1-2H3,(H,25,28). The highest BCUT2D eigenvalue weighted by Gasteiger charge is 2.12. The summed E-state index contributed by atoms with van der Waals surface area (Å²) >= 11 is 0. The van der Waals surface area contributed by atoms with E-state index in [1.807, 2.05) is 68.4 Å². The number of anilines is 1. The summed E-state index contributed by atoms with van der Waals surface area (Å²) < 4.78 is 2.45. The van der Waals surface area contributed by atoms with Gasteiger partial charge in [0, 0.05) is 23.5 Å². The number of nitrogens with zero attached hydrogens (tertiary/aromatic N) is 2. The third-order valence-corrected chi connectivity index (χ3v) is 5.19. The van der Waals surface area contributed by atoms with E-state index in [0.717, 1.165) is 26.5 Å². The van der Waals surface area contributed by atoms with Crippen LogP contribution in [0.15, 0.2) is 82.6 Å². The van der Waals surface area contributed by atoms with Gasteiger partial charge < -0.3 is 5.32 Å². The molecule has 0 aliphatic rings. The van der Waals surface area contributed by atoms with E-state index >= 15 is 0 Å². The minimum atomic E-state index is -0.749. The van der Waals surface area contributed by atoms with Crippen molar-refractivity contribution < 1.29 is 4.79 Å². The maximum absolute atomic E-state index is 12.8. The van der Waals surface area contributed by atoms with E-state index in [1.54, 1.807) is 6.07 Å². The fourth-order valence-electron chi connectivity index (χ4n) is 3.42. The summed E-state index contributed by atoms with van der Waals surface area (Å²) in [6, 6.07) is 18.8. The summed E-state index contributed by atoms with van der Waals surface area (Å²) in [5, 5.41) is 4.61. The molecule has 0 saturated carbocycles. The van der Waals surface area contributed by atoms with Crippen LogP contribution in [0, 0.1) is 13.8 Å². The van der Waals surface area contributed by atoms with Crippen LogP contribution >= 0.6 is 0 Å². The summed E-state index contributed by atoms with van der Waals surface area (Å²) in [5.41, 5.74) is 2.01. The Balaban J connectivity index is 1.63. The molecule has 0 bridgehead atoms. The lowest BCUT2D eigenvalue weighted by Gasteiger charge is -2.12. The summed E-state index contributed by atoms with van der Waals surface area (Å²) in [7, 11) is 0. The number of amides is 1. The van der Waals surface area contributed by atoms with Crippen molar-refractivity contribution >= 4 is 22.4 Å². The lowest BCUT2D eigenvalue weighted by Crippen LogP contribution is -2.41. The molecular weight excluding hydrogens is 378 g/mol. The zero-order valence-corrected chi connectivity index (χ0v) is 16.8. The maximum atomic E-state index is 12.8. The van der Waals surface area contributed by atoms with Gasteiger partial charge in [0.05, 0.1) is 5.69 Å². The van der Waals surface area contributed by atoms with Crippen molar-refractivity contribution in [1.29, 1.82) is 0 Å². The number of hydrogen-bond acceptors (Lipinski definition) is 3. The Kier molecular flexibility index (Phi) is 5.06. The quantitative estimate of drug-likeness (QED) is 0.535. The Bertz CT molecular complexity index is 1380. The first-order valence-corrected chi connectivity index (χ1v) is 9.61. The Morgan fingerprint density at radius 1 is 0.867 bits per heavy atom. The van der Waals surface area contributed by atoms with E-state index in [2.05, 4.69) is 5.32 Å². The fourth-order valence-corrected chi connectivity index (χ4v) is 3.42. The normalized spacial score (nSPS) is 10.9. The third-order valence-electron chi connectivity index (χ3n) is 5.19. The van der Waals surface area contributed by atoms with Gasteiger partial charge in [-0.1, -0.05) is 42.5 Å². The lowest BCUT2D eigenvalue weighted by atomic mass is 10.1. The van der Waals surface area contributed by atoms with Crippen LogP contribution in [0.2, 0.25) is 0 Å². The predicted octanol–water partition coefficient (Wildman–Crippen LogP) is 3.41. The molecule has 0 radical (unpaired) electrons. The number of carbonyl (C=O) groups excluding carboxylic acids is 1. The number of carbonyl (C=O) groups is 1. The highest BCUT2D eigenvalue weighted by molar-refractivity contribution is 5.91. The molecule has 30 heavy (non-hydrogen) atoms. The second-order valence-corrected chi connectivity index (χ2v) is 7.25. The fraction of sp³-hybridized carbons (Fsp3) is 0.125. The number of nitrogens with one attached hydrogen (secondary N) is 1. The van der Waals surface area contributed by atoms with E-state index in [4.69, 9.17) is 0 Å². The second kappa shape index (κ2) is 7.83. The molecule has 4 aromatic rings. The first-order chi connectivity index (χ1) is 14.4. The van der Waals surface area contributed by atoms with Crippen LogP contribution in [-0.4, -0.2) is 15.0 Å². The molecule has 6 nitrogen and oxygen atoms in total. The summed E-state index contributed by atoms with van der Waals surface area (Å²) in [6.07, 6.45) is 2.99. The molecule has 3 aromatic carbocycles. The molecule has 0 saturated heterocycles. The van der Waals surface area contributed by atoms with E-state index in [9.17, 15) is 14.4 Å². The molecule has 0 aliphatic carbocycles. The van der Waals surface area contributed by atoms with Crippen LogP contribution in [0.5, 0.6) is 0 Å². The highest BCUT2D eigenvalue weighted by Crippen LogP contribution is 2.20. The van der Waals surface area contributed by atoms with Crippen molar-refractivity contribution in [2.45, 2.75) is 20.4 Å². The SMILES string of the molecule is Cc1ccc(NC(=O)Cn2ccn(-c3cccc4ccccc34)c(=O)c2=O)cc1C. The maximum Gasteiger partial charge on any atom is 0.321 e. The van der Waals surface area contributed by atoms with Crippen LogP contribution in [0.1, 0.15) is 11.1 Å². The van der Waals surface area contributed by atoms with Crippen molar-refractivity contribution in [2.75, 3.05) is 5.32 Å². The molecule has 1 N–H and O–H groups in total. The van der Waals surface area contributed by atoms with E-state index in [0.29, 0.717) is 11.4 Å². The van der Waals surface area contributed by atoms with Crippen molar-refractivity contribution in [3.05, 3.63) is 105 Å². The van der Waals surface area contributed by atoms with Crippen LogP contribution in [0.3, 0.4) is 0 Å². The topological polar surface area (TPSA) is 73.1 Å². The first kappa shape index (κ1) is 19.4. The van der Waals surface area contributed by atoms with Crippen molar-refractivity contribution in [2.24, 2.45) is 0 Å². The minimum Gasteiger partial charge on any atom is -0.325 e. The molecule has 1 heterocycles. The van der Waals surface area contributed by atoms with Gasteiger partial charge in [-0.3, -0.25) is 23.5 Å². The van der Waals surface area contributed by atoms with E-state index < -0.39 is 11.1 Å². The molecule has 0 spiro atoms. The zero-order valence-electron chi connectivity index (χ0n) is 16.8. The van der Waals surface area contributed by atoms with Crippen LogP contribution in [0.4, 0.5) is 5.69 Å². The van der Waals surface area contributed by atoms with Crippen LogP contribution in [-0.2, 0) is 11.3 Å². The minimum absolute atomic E-state index is 0.239. The highest BCUT2D eigenvalue weighted by atomic mass is 16.2. The number of aromatic nitrogens is 2. The van der Waals surface area contributed by atoms with Gasteiger partial charge >= 0.3 is 11.1 Å². The van der Waals surface area contributed by atoms with Crippen molar-refractivity contribution in [3.63, 3.8) is 0 Å². The molecular formula is C24H21N3O3. The van der Waals surface area contributed by atoms with Gasteiger partial charge in [0.25, 0.3) is 0 Å². The molecule has 150 valence electrons. The summed E-state index contributed by atoms with van der Waals surface area (Å²) in [4.78, 5) is 37.8. The van der Waals surface area contributed by atoms with Gasteiger partial charge in [-0.15, -0.1) is 0 Å². The number of benzene rings is 3. The molecule has 0 atom stereocenters. The van der Waals surface area contributed by atoms with Crippen LogP contribution < -0.4 is 16.4 Å². The van der Waals surface area contributed by atoms with E-state index in [1.165, 1.54) is 17.0 Å². The van der Waals surface area contributed by atoms with Crippen molar-refractivity contribution in [1.82, 2.24) is 9.13 Å². The average Bonchev–Trinajstić information content (AvgIpc) is 2.74. The number of fused-ring (bicyclic) bond motifs is 1. The zero-order chi connectivity index (χ0) is 21.3. The van der Waals surface area contributed by atoms with Gasteiger partial charge in [0.2, 0.25) is 5.91 Å². The molecule has 0 aliphatic heterocycles. The number of aryl methyl sites for hydroxylation is 2. The average molecular weight is 399 g/mol. The molecule has 1 amide bonds. The van der Waals surface area contributed by atoms with Gasteiger partial charge in [-0.25, -0.2) is 0 Å². The first-order valence-electron chi connectivity index (χ1n) is 9.61. The second-order valence-electron chi connectivity index (χ2n) is 7.25. The molecule has 1 aromatic heterocycles. The molecule has 6 heteroatoms. The van der Waals surface area contributed by atoms with E-state index in [-0.39, 0.29) is 12.5 Å². The smallest absolute Gasteiger partial charge is 0.321 e. The molecule has 0 fully saturated rings. The van der Waals surface area contributed by atoms with Gasteiger partial charge in [-0.05, 0) is 48.6 Å². The molecule has 4 rings (SSSR count). The summed E-state index contributed by atoms with van der Waals surface area (Å²) in [5.74, 6) is -0.373. The van der Waals surface area contributed by atoms with Crippen LogP contribution in [0.25, 0.3) is 16.5 Å². The largest absolute Gasteiger partial charge is 0.325 e. The summed E-state index contributed by atoms with van der Waals surface area (Å²) in [6.45, 7) is 3.71. The Morgan fingerprint density at radius 3 is 2.43 bits per heavy atom. The third kappa shape index (κ3) is 3.67. The molecule has 0 unspecified atom stereocenters. The Morgan fingerprint density at radius 2 is 1.63 bits per heavy atom. The Hall–Kier alpha value is -3.93. The number of rotatable bonds is 4. The Labute approximate surface area is 173 Å². The van der Waals surface area contributed by atoms with Gasteiger partial charge in [-0.2, -0.15) is 0 Å². The monoisotopic (exact) mass is 399 g/mol. The predicted molar refractivity (Wildman–Crippen MR) is 118 cm³/mol. The van der Waals surface area contributed by atoms with Crippen molar-refractivity contribution in [3.8, 4) is 5.69 Å². The lowest BCUT2D eigenvalue weighted by molar-refractivity contribution is -0.116. The number of hydrogen-bond donors (Lipinski definition) is 1. The van der Waals surface area contributed by atoms with Gasteiger partial charge in [0.1, 0.15) is 6.54 Å².